The summed E-state index contributed by atoms with van der Waals surface area (Å²) in [6.45, 7) is 5.61. The number of aryl methyl sites for hydroxylation is 1. The summed E-state index contributed by atoms with van der Waals surface area (Å²) in [7, 11) is 1.95. The Morgan fingerprint density at radius 3 is 2.25 bits per heavy atom. The predicted octanol–water partition coefficient (Wildman–Crippen LogP) is 4.94. The number of benzene rings is 4. The van der Waals surface area contributed by atoms with Crippen LogP contribution in [0, 0.1) is 17.4 Å². The summed E-state index contributed by atoms with van der Waals surface area (Å²) in [6.07, 6.45) is 4.59. The number of hydrogen-bond donors (Lipinski definition) is 2. The van der Waals surface area contributed by atoms with Crippen molar-refractivity contribution in [3.8, 4) is 0 Å². The maximum absolute atomic E-state index is 14.0. The molecule has 6 rings (SSSR count). The largest absolute Gasteiger partial charge is 0.368 e. The lowest BCUT2D eigenvalue weighted by Crippen LogP contribution is -2.53. The Morgan fingerprint density at radius 2 is 1.52 bits per heavy atom. The van der Waals surface area contributed by atoms with E-state index in [1.54, 1.807) is 30.3 Å². The minimum Gasteiger partial charge on any atom is -0.368 e. The zero-order chi connectivity index (χ0) is 31.2. The molecule has 2 aliphatic carbocycles. The molecule has 4 aromatic rings. The van der Waals surface area contributed by atoms with Gasteiger partial charge in [0.1, 0.15) is 0 Å². The van der Waals surface area contributed by atoms with Gasteiger partial charge in [0.2, 0.25) is 5.91 Å². The molecule has 44 heavy (non-hydrogen) atoms. The number of nitrogens with two attached hydrogens (primary N) is 1. The number of rotatable bonds is 7. The molecule has 0 spiro atoms. The summed E-state index contributed by atoms with van der Waals surface area (Å²) < 4.78 is 0. The number of hydrogen-bond acceptors (Lipinski definition) is 4. The highest BCUT2D eigenvalue weighted by molar-refractivity contribution is 6.24. The second-order valence-corrected chi connectivity index (χ2v) is 12.3. The van der Waals surface area contributed by atoms with Gasteiger partial charge in [0, 0.05) is 22.4 Å². The molecular weight excluding hydrogens is 546 g/mol. The molecule has 2 amide bonds. The van der Waals surface area contributed by atoms with Gasteiger partial charge in [0.15, 0.2) is 5.78 Å². The number of primary amides is 1. The molecule has 0 aromatic heterocycles. The van der Waals surface area contributed by atoms with Crippen molar-refractivity contribution in [2.75, 3.05) is 12.4 Å². The van der Waals surface area contributed by atoms with Crippen LogP contribution in [0.4, 0.5) is 5.69 Å². The Kier molecular flexibility index (Phi) is 7.56. The molecule has 1 unspecified atom stereocenters. The molecule has 0 bridgehead atoms. The van der Waals surface area contributed by atoms with Crippen molar-refractivity contribution in [3.63, 3.8) is 0 Å². The molecule has 0 saturated carbocycles. The van der Waals surface area contributed by atoms with E-state index in [0.717, 1.165) is 56.0 Å². The van der Waals surface area contributed by atoms with Crippen molar-refractivity contribution in [2.24, 2.45) is 5.73 Å². The molecule has 0 aliphatic heterocycles. The lowest BCUT2D eigenvalue weighted by molar-refractivity contribution is -0.128. The van der Waals surface area contributed by atoms with Crippen molar-refractivity contribution >= 4 is 34.9 Å². The molecule has 0 saturated heterocycles. The first-order valence-corrected chi connectivity index (χ1v) is 15.1. The Balaban J connectivity index is 1.42. The topological polar surface area (TPSA) is 92.5 Å². The quantitative estimate of drug-likeness (QED) is 0.302. The average Bonchev–Trinajstić information content (AvgIpc) is 3.03. The molecule has 222 valence electrons. The van der Waals surface area contributed by atoms with Gasteiger partial charge >= 0.3 is 0 Å². The Hall–Kier alpha value is -4.81. The third-order valence-electron chi connectivity index (χ3n) is 9.39. The average molecular weight is 584 g/mol. The highest BCUT2D eigenvalue weighted by Crippen LogP contribution is 2.34. The number of fused-ring (bicyclic) bond motifs is 4. The van der Waals surface area contributed by atoms with Gasteiger partial charge in [0.25, 0.3) is 5.91 Å². The van der Waals surface area contributed by atoms with E-state index in [1.807, 2.05) is 63.1 Å². The number of nitrogens with zero attached hydrogens (tertiary/aromatic N) is 1. The van der Waals surface area contributed by atoms with Crippen LogP contribution in [0.1, 0.15) is 70.1 Å². The number of amides is 2. The normalized spacial score (nSPS) is 15.5. The second-order valence-electron chi connectivity index (χ2n) is 12.3. The van der Waals surface area contributed by atoms with Crippen LogP contribution in [0.15, 0.2) is 84.9 Å². The summed E-state index contributed by atoms with van der Waals surface area (Å²) in [5.41, 5.74) is 10.8. The van der Waals surface area contributed by atoms with Crippen LogP contribution in [0.3, 0.4) is 0 Å². The van der Waals surface area contributed by atoms with E-state index in [0.29, 0.717) is 23.2 Å². The van der Waals surface area contributed by atoms with Crippen molar-refractivity contribution in [1.29, 1.82) is 0 Å². The number of likely N-dealkylation sites (N-methyl/N-ethyl adjacent to an activating group) is 1. The lowest BCUT2D eigenvalue weighted by Gasteiger charge is -2.40. The fourth-order valence-corrected chi connectivity index (χ4v) is 6.48. The first-order valence-electron chi connectivity index (χ1n) is 15.1. The number of Topliss-reactive ketones (excluding diaryl/α,β-unsaturated/α-hetero) is 1. The lowest BCUT2D eigenvalue weighted by atomic mass is 9.81. The van der Waals surface area contributed by atoms with Crippen LogP contribution in [0.2, 0.25) is 0 Å². The van der Waals surface area contributed by atoms with E-state index < -0.39 is 5.54 Å². The molecular formula is C38H37N3O3. The van der Waals surface area contributed by atoms with E-state index in [1.165, 1.54) is 0 Å². The zero-order valence-electron chi connectivity index (χ0n) is 25.6. The third kappa shape index (κ3) is 5.05. The van der Waals surface area contributed by atoms with Gasteiger partial charge in [-0.25, -0.2) is 0 Å². The molecule has 6 heteroatoms. The first-order chi connectivity index (χ1) is 21.1. The van der Waals surface area contributed by atoms with Crippen molar-refractivity contribution in [1.82, 2.24) is 4.90 Å². The van der Waals surface area contributed by atoms with Crippen molar-refractivity contribution in [2.45, 2.75) is 51.6 Å². The van der Waals surface area contributed by atoms with Crippen LogP contribution in [0.5, 0.6) is 0 Å². The molecule has 0 heterocycles. The highest BCUT2D eigenvalue weighted by Gasteiger charge is 2.37. The standard InChI is InChI=1S/C38H37N3O3/c1-23-10-5-7-12-27(23)36(43)40-26-18-16-24(17-19-26)35(42)32-15-9-14-30-29(32)20-21-31-28-13-8-6-11-25(28)22-33(34(30)31)41(4)38(2,3)37(39)44/h5-8,10-13,16-22,33H,9,14-15H2,1-4H3,(H2,39,44)(H,40,43). The Morgan fingerprint density at radius 1 is 0.841 bits per heavy atom. The minimum absolute atomic E-state index is 0.00904. The SMILES string of the molecule is Cc1ccccc1C(=O)Nc1ccc(C(=O)C2=c3ccc4c(c3CCC2)C(N(C)C(C)(C)C(N)=O)C=c2ccccc2=4)cc1. The molecule has 0 radical (unpaired) electrons. The molecule has 2 aliphatic rings. The van der Waals surface area contributed by atoms with Gasteiger partial charge in [0.05, 0.1) is 11.6 Å². The van der Waals surface area contributed by atoms with Gasteiger partial charge in [-0.3, -0.25) is 19.3 Å². The van der Waals surface area contributed by atoms with E-state index >= 15 is 0 Å². The Bertz CT molecular complexity index is 2040. The van der Waals surface area contributed by atoms with Gasteiger partial charge < -0.3 is 11.1 Å². The number of nitrogens with one attached hydrogen (secondary N) is 1. The van der Waals surface area contributed by atoms with Crippen molar-refractivity contribution in [3.05, 3.63) is 134 Å². The second kappa shape index (κ2) is 11.4. The van der Waals surface area contributed by atoms with Crippen LogP contribution >= 0.6 is 0 Å². The maximum Gasteiger partial charge on any atom is 0.255 e. The summed E-state index contributed by atoms with van der Waals surface area (Å²) in [6, 6.07) is 26.9. The molecule has 3 N–H and O–H groups in total. The van der Waals surface area contributed by atoms with Crippen molar-refractivity contribution < 1.29 is 14.4 Å². The third-order valence-corrected chi connectivity index (χ3v) is 9.39. The fraction of sp³-hybridized carbons (Fsp3) is 0.237. The maximum atomic E-state index is 14.0. The van der Waals surface area contributed by atoms with Gasteiger partial charge in [-0.15, -0.1) is 0 Å². The van der Waals surface area contributed by atoms with E-state index in [9.17, 15) is 14.4 Å². The number of carbonyl (C=O) groups is 3. The first kappa shape index (κ1) is 29.3. The zero-order valence-corrected chi connectivity index (χ0v) is 25.6. The molecule has 0 fully saturated rings. The predicted molar refractivity (Wildman–Crippen MR) is 174 cm³/mol. The van der Waals surface area contributed by atoms with E-state index in [2.05, 4.69) is 35.7 Å². The van der Waals surface area contributed by atoms with E-state index in [-0.39, 0.29) is 23.6 Å². The van der Waals surface area contributed by atoms with Crippen LogP contribution < -0.4 is 21.5 Å². The molecule has 4 aromatic carbocycles. The monoisotopic (exact) mass is 583 g/mol. The van der Waals surface area contributed by atoms with Gasteiger partial charge in [-0.05, 0) is 115 Å². The Labute approximate surface area is 257 Å². The fourth-order valence-electron chi connectivity index (χ4n) is 6.48. The van der Waals surface area contributed by atoms with E-state index in [4.69, 9.17) is 5.73 Å². The van der Waals surface area contributed by atoms with Gasteiger partial charge in [-0.1, -0.05) is 60.7 Å². The van der Waals surface area contributed by atoms with Crippen LogP contribution in [0.25, 0.3) is 11.6 Å². The summed E-state index contributed by atoms with van der Waals surface area (Å²) in [5.74, 6) is -0.579. The van der Waals surface area contributed by atoms with Crippen LogP contribution in [-0.2, 0) is 11.2 Å². The van der Waals surface area contributed by atoms with Crippen LogP contribution in [-0.4, -0.2) is 35.1 Å². The summed E-state index contributed by atoms with van der Waals surface area (Å²) >= 11 is 0. The molecule has 1 atom stereocenters. The minimum atomic E-state index is -0.888. The van der Waals surface area contributed by atoms with Gasteiger partial charge in [-0.2, -0.15) is 0 Å². The number of carbonyl (C=O) groups excluding carboxylic acids is 3. The smallest absolute Gasteiger partial charge is 0.255 e. The highest BCUT2D eigenvalue weighted by atomic mass is 16.2. The number of anilines is 1. The molecule has 6 nitrogen and oxygen atoms in total. The summed E-state index contributed by atoms with van der Waals surface area (Å²) in [5, 5.41) is 7.30. The summed E-state index contributed by atoms with van der Waals surface area (Å²) in [4.78, 5) is 41.3. The number of ketones is 1.